The molecule has 1 aromatic carbocycles. The third kappa shape index (κ3) is 4.67. The minimum absolute atomic E-state index is 0.126. The first-order chi connectivity index (χ1) is 10.2. The molecule has 0 unspecified atom stereocenters. The molecule has 4 heteroatoms. The number of benzene rings is 1. The Morgan fingerprint density at radius 2 is 2.00 bits per heavy atom. The number of unbranched alkanes of at least 4 members (excludes halogenated alkanes) is 2. The summed E-state index contributed by atoms with van der Waals surface area (Å²) >= 11 is 1.62. The molecule has 0 spiro atoms. The van der Waals surface area contributed by atoms with Crippen molar-refractivity contribution in [2.24, 2.45) is 0 Å². The van der Waals surface area contributed by atoms with Gasteiger partial charge >= 0.3 is 0 Å². The molecule has 0 saturated carbocycles. The van der Waals surface area contributed by atoms with Crippen LogP contribution in [0.2, 0.25) is 0 Å². The van der Waals surface area contributed by atoms with Crippen molar-refractivity contribution in [3.8, 4) is 0 Å². The first-order valence-corrected chi connectivity index (χ1v) is 8.32. The molecule has 2 rings (SSSR count). The van der Waals surface area contributed by atoms with E-state index in [2.05, 4.69) is 23.9 Å². The van der Waals surface area contributed by atoms with Gasteiger partial charge in [-0.15, -0.1) is 11.3 Å². The van der Waals surface area contributed by atoms with Crippen molar-refractivity contribution in [1.82, 2.24) is 4.98 Å². The fourth-order valence-electron chi connectivity index (χ4n) is 2.14. The van der Waals surface area contributed by atoms with Gasteiger partial charge in [-0.3, -0.25) is 4.79 Å². The Morgan fingerprint density at radius 1 is 1.24 bits per heavy atom. The van der Waals surface area contributed by atoms with Crippen LogP contribution in [-0.2, 0) is 6.42 Å². The number of Topliss-reactive ketones (excluding diaryl/α,β-unsaturated/α-hetero) is 1. The van der Waals surface area contributed by atoms with Crippen molar-refractivity contribution in [2.45, 2.75) is 32.6 Å². The highest BCUT2D eigenvalue weighted by atomic mass is 32.1. The molecule has 3 nitrogen and oxygen atoms in total. The average molecular weight is 302 g/mol. The van der Waals surface area contributed by atoms with E-state index >= 15 is 0 Å². The molecule has 0 aliphatic carbocycles. The summed E-state index contributed by atoms with van der Waals surface area (Å²) in [7, 11) is 2.07. The van der Waals surface area contributed by atoms with Gasteiger partial charge in [-0.25, -0.2) is 4.98 Å². The minimum Gasteiger partial charge on any atom is -0.351 e. The Morgan fingerprint density at radius 3 is 2.71 bits per heavy atom. The summed E-state index contributed by atoms with van der Waals surface area (Å²) in [4.78, 5) is 18.9. The van der Waals surface area contributed by atoms with Gasteiger partial charge in [0.15, 0.2) is 10.9 Å². The van der Waals surface area contributed by atoms with E-state index < -0.39 is 0 Å². The SMILES string of the molecule is CCCCCN(C)c1nc(CC(=O)c2ccccc2)cs1. The number of rotatable bonds is 8. The molecule has 21 heavy (non-hydrogen) atoms. The fourth-order valence-corrected chi connectivity index (χ4v) is 2.96. The summed E-state index contributed by atoms with van der Waals surface area (Å²) in [6.07, 6.45) is 4.03. The quantitative estimate of drug-likeness (QED) is 0.541. The fraction of sp³-hybridized carbons (Fsp3) is 0.412. The number of carbonyl (C=O) groups is 1. The third-order valence-corrected chi connectivity index (χ3v) is 4.40. The number of carbonyl (C=O) groups excluding carboxylic acids is 1. The van der Waals surface area contributed by atoms with Crippen LogP contribution < -0.4 is 4.90 Å². The number of hydrogen-bond donors (Lipinski definition) is 0. The predicted octanol–water partition coefficient (Wildman–Crippen LogP) is 4.19. The molecule has 112 valence electrons. The van der Waals surface area contributed by atoms with Crippen molar-refractivity contribution >= 4 is 22.3 Å². The predicted molar refractivity (Wildman–Crippen MR) is 89.4 cm³/mol. The normalized spacial score (nSPS) is 10.6. The molecule has 0 N–H and O–H groups in total. The van der Waals surface area contributed by atoms with Gasteiger partial charge in [0.1, 0.15) is 0 Å². The van der Waals surface area contributed by atoms with E-state index in [1.807, 2.05) is 35.7 Å². The molecule has 1 aromatic heterocycles. The van der Waals surface area contributed by atoms with Crippen LogP contribution in [-0.4, -0.2) is 24.4 Å². The monoisotopic (exact) mass is 302 g/mol. The molecule has 1 heterocycles. The van der Waals surface area contributed by atoms with Gasteiger partial charge in [0, 0.05) is 24.5 Å². The lowest BCUT2D eigenvalue weighted by atomic mass is 10.1. The molecule has 0 amide bonds. The number of ketones is 1. The summed E-state index contributed by atoms with van der Waals surface area (Å²) in [5.41, 5.74) is 1.62. The summed E-state index contributed by atoms with van der Waals surface area (Å²) in [6.45, 7) is 3.23. The van der Waals surface area contributed by atoms with Crippen molar-refractivity contribution in [3.63, 3.8) is 0 Å². The topological polar surface area (TPSA) is 33.2 Å². The van der Waals surface area contributed by atoms with Gasteiger partial charge in [0.2, 0.25) is 0 Å². The van der Waals surface area contributed by atoms with Crippen LogP contribution in [0.4, 0.5) is 5.13 Å². The highest BCUT2D eigenvalue weighted by Gasteiger charge is 2.11. The third-order valence-electron chi connectivity index (χ3n) is 3.40. The second-order valence-corrected chi connectivity index (χ2v) is 6.05. The average Bonchev–Trinajstić information content (AvgIpc) is 2.97. The Hall–Kier alpha value is -1.68. The van der Waals surface area contributed by atoms with Crippen LogP contribution in [0.3, 0.4) is 0 Å². The van der Waals surface area contributed by atoms with Gasteiger partial charge < -0.3 is 4.90 Å². The van der Waals surface area contributed by atoms with E-state index in [-0.39, 0.29) is 5.78 Å². The molecule has 0 atom stereocenters. The molecule has 0 aliphatic heterocycles. The molecular formula is C17H22N2OS. The van der Waals surface area contributed by atoms with Crippen molar-refractivity contribution in [2.75, 3.05) is 18.5 Å². The van der Waals surface area contributed by atoms with Crippen LogP contribution in [0.1, 0.15) is 42.2 Å². The maximum atomic E-state index is 12.2. The van der Waals surface area contributed by atoms with Crippen molar-refractivity contribution in [3.05, 3.63) is 47.0 Å². The lowest BCUT2D eigenvalue weighted by Crippen LogP contribution is -2.18. The van der Waals surface area contributed by atoms with Crippen LogP contribution in [0.5, 0.6) is 0 Å². The second-order valence-electron chi connectivity index (χ2n) is 5.22. The molecular weight excluding hydrogens is 280 g/mol. The summed E-state index contributed by atoms with van der Waals surface area (Å²) in [6, 6.07) is 9.41. The van der Waals surface area contributed by atoms with Crippen LogP contribution >= 0.6 is 11.3 Å². The standard InChI is InChI=1S/C17H22N2OS/c1-3-4-8-11-19(2)17-18-15(13-21-17)12-16(20)14-9-6-5-7-10-14/h5-7,9-10,13H,3-4,8,11-12H2,1-2H3. The summed E-state index contributed by atoms with van der Waals surface area (Å²) < 4.78 is 0. The summed E-state index contributed by atoms with van der Waals surface area (Å²) in [5, 5.41) is 2.99. The van der Waals surface area contributed by atoms with Crippen molar-refractivity contribution < 1.29 is 4.79 Å². The van der Waals surface area contributed by atoms with Gasteiger partial charge in [-0.2, -0.15) is 0 Å². The molecule has 0 aliphatic rings. The number of thiazole rings is 1. The second kappa shape index (κ2) is 7.93. The zero-order chi connectivity index (χ0) is 15.1. The van der Waals surface area contributed by atoms with E-state index in [1.54, 1.807) is 11.3 Å². The first-order valence-electron chi connectivity index (χ1n) is 7.44. The van der Waals surface area contributed by atoms with E-state index in [9.17, 15) is 4.79 Å². The van der Waals surface area contributed by atoms with Gasteiger partial charge in [0.05, 0.1) is 12.1 Å². The zero-order valence-electron chi connectivity index (χ0n) is 12.7. The van der Waals surface area contributed by atoms with Gasteiger partial charge in [-0.1, -0.05) is 50.1 Å². The smallest absolute Gasteiger partial charge is 0.185 e. The van der Waals surface area contributed by atoms with E-state index in [4.69, 9.17) is 0 Å². The number of anilines is 1. The lowest BCUT2D eigenvalue weighted by molar-refractivity contribution is 0.0992. The molecule has 0 saturated heterocycles. The molecule has 0 radical (unpaired) electrons. The van der Waals surface area contributed by atoms with E-state index in [0.29, 0.717) is 6.42 Å². The maximum absolute atomic E-state index is 12.2. The largest absolute Gasteiger partial charge is 0.351 e. The Kier molecular flexibility index (Phi) is 5.93. The summed E-state index contributed by atoms with van der Waals surface area (Å²) in [5.74, 6) is 0.126. The zero-order valence-corrected chi connectivity index (χ0v) is 13.5. The van der Waals surface area contributed by atoms with Crippen molar-refractivity contribution in [1.29, 1.82) is 0 Å². The molecule has 0 fully saturated rings. The number of nitrogens with zero attached hydrogens (tertiary/aromatic N) is 2. The Labute approximate surface area is 130 Å². The number of aromatic nitrogens is 1. The Bertz CT molecular complexity index is 565. The first kappa shape index (κ1) is 15.7. The highest BCUT2D eigenvalue weighted by molar-refractivity contribution is 7.13. The van der Waals surface area contributed by atoms with E-state index in [1.165, 1.54) is 19.3 Å². The number of hydrogen-bond acceptors (Lipinski definition) is 4. The van der Waals surface area contributed by atoms with Crippen LogP contribution in [0.15, 0.2) is 35.7 Å². The van der Waals surface area contributed by atoms with E-state index in [0.717, 1.165) is 22.9 Å². The van der Waals surface area contributed by atoms with Crippen LogP contribution in [0.25, 0.3) is 0 Å². The highest BCUT2D eigenvalue weighted by Crippen LogP contribution is 2.21. The van der Waals surface area contributed by atoms with Crippen LogP contribution in [0, 0.1) is 0 Å². The lowest BCUT2D eigenvalue weighted by Gasteiger charge is -2.14. The van der Waals surface area contributed by atoms with Gasteiger partial charge in [0.25, 0.3) is 0 Å². The van der Waals surface area contributed by atoms with Gasteiger partial charge in [-0.05, 0) is 6.42 Å². The molecule has 2 aromatic rings. The minimum atomic E-state index is 0.126. The Balaban J connectivity index is 1.92. The molecule has 0 bridgehead atoms. The maximum Gasteiger partial charge on any atom is 0.185 e.